The lowest BCUT2D eigenvalue weighted by Gasteiger charge is -2.10. The molecule has 108 valence electrons. The van der Waals surface area contributed by atoms with Crippen molar-refractivity contribution in [1.82, 2.24) is 14.9 Å². The van der Waals surface area contributed by atoms with Gasteiger partial charge in [-0.1, -0.05) is 5.16 Å². The van der Waals surface area contributed by atoms with Crippen molar-refractivity contribution in [2.24, 2.45) is 0 Å². The summed E-state index contributed by atoms with van der Waals surface area (Å²) in [5.74, 6) is 0.451. The van der Waals surface area contributed by atoms with Crippen LogP contribution in [0.3, 0.4) is 0 Å². The summed E-state index contributed by atoms with van der Waals surface area (Å²) >= 11 is 0. The molecule has 20 heavy (non-hydrogen) atoms. The molecule has 1 aromatic carbocycles. The molecule has 0 unspecified atom stereocenters. The van der Waals surface area contributed by atoms with Crippen molar-refractivity contribution in [3.63, 3.8) is 0 Å². The van der Waals surface area contributed by atoms with Gasteiger partial charge < -0.3 is 10.3 Å². The van der Waals surface area contributed by atoms with E-state index in [1.807, 2.05) is 13.8 Å². The van der Waals surface area contributed by atoms with E-state index < -0.39 is 10.0 Å². The summed E-state index contributed by atoms with van der Waals surface area (Å²) in [6, 6.07) is 3.06. The van der Waals surface area contributed by atoms with E-state index in [4.69, 9.17) is 5.73 Å². The Balaban J connectivity index is 2.10. The largest absolute Gasteiger partial charge is 0.398 e. The van der Waals surface area contributed by atoms with E-state index in [1.54, 1.807) is 6.07 Å². The van der Waals surface area contributed by atoms with E-state index in [0.29, 0.717) is 17.9 Å². The van der Waals surface area contributed by atoms with E-state index >= 15 is 0 Å². The lowest BCUT2D eigenvalue weighted by atomic mass is 10.1. The molecule has 0 radical (unpaired) electrons. The van der Waals surface area contributed by atoms with Crippen LogP contribution < -0.4 is 10.5 Å². The smallest absolute Gasteiger partial charge is 0.240 e. The fraction of sp³-hybridized carbons (Fsp3) is 0.333. The van der Waals surface area contributed by atoms with Crippen molar-refractivity contribution in [2.75, 3.05) is 12.3 Å². The summed E-state index contributed by atoms with van der Waals surface area (Å²) in [5.41, 5.74) is 7.98. The maximum atomic E-state index is 12.1. The van der Waals surface area contributed by atoms with Crippen LogP contribution in [-0.4, -0.2) is 25.1 Å². The molecule has 2 aromatic rings. The van der Waals surface area contributed by atoms with Gasteiger partial charge in [0, 0.05) is 18.7 Å². The summed E-state index contributed by atoms with van der Waals surface area (Å²) in [6.07, 6.45) is 1.56. The molecule has 0 atom stereocenters. The number of rotatable bonds is 5. The maximum Gasteiger partial charge on any atom is 0.240 e. The first-order valence-electron chi connectivity index (χ1n) is 6.02. The summed E-state index contributed by atoms with van der Waals surface area (Å²) in [6.45, 7) is 3.86. The maximum absolute atomic E-state index is 12.1. The molecule has 0 saturated heterocycles. The third-order valence-corrected chi connectivity index (χ3v) is 4.48. The molecule has 8 heteroatoms. The van der Waals surface area contributed by atoms with Crippen LogP contribution in [0.15, 0.2) is 27.9 Å². The Morgan fingerprint density at radius 3 is 2.70 bits per heavy atom. The number of nitrogens with one attached hydrogen (secondary N) is 1. The molecule has 0 fully saturated rings. The Kier molecular flexibility index (Phi) is 4.05. The minimum atomic E-state index is -3.59. The van der Waals surface area contributed by atoms with Gasteiger partial charge in [0.05, 0.1) is 4.90 Å². The predicted molar refractivity (Wildman–Crippen MR) is 73.5 cm³/mol. The fourth-order valence-electron chi connectivity index (χ4n) is 1.69. The molecule has 3 N–H and O–H groups in total. The predicted octanol–water partition coefficient (Wildman–Crippen LogP) is 0.790. The molecule has 1 heterocycles. The zero-order valence-electron chi connectivity index (χ0n) is 11.3. The number of nitrogens with zero attached hydrogens (tertiary/aromatic N) is 2. The van der Waals surface area contributed by atoms with Gasteiger partial charge in [0.1, 0.15) is 0 Å². The molecule has 1 aromatic heterocycles. The molecule has 2 rings (SSSR count). The third-order valence-electron chi connectivity index (χ3n) is 3.04. The summed E-state index contributed by atoms with van der Waals surface area (Å²) in [4.78, 5) is 3.97. The first kappa shape index (κ1) is 14.5. The zero-order chi connectivity index (χ0) is 14.8. The van der Waals surface area contributed by atoms with Crippen molar-refractivity contribution in [1.29, 1.82) is 0 Å². The normalized spacial score (nSPS) is 11.7. The number of hydrogen-bond donors (Lipinski definition) is 2. The first-order chi connectivity index (χ1) is 9.40. The van der Waals surface area contributed by atoms with Gasteiger partial charge in [0.2, 0.25) is 16.4 Å². The van der Waals surface area contributed by atoms with Gasteiger partial charge >= 0.3 is 0 Å². The van der Waals surface area contributed by atoms with E-state index in [9.17, 15) is 8.42 Å². The van der Waals surface area contributed by atoms with E-state index in [0.717, 1.165) is 11.1 Å². The van der Waals surface area contributed by atoms with E-state index in [-0.39, 0.29) is 11.4 Å². The number of aromatic nitrogens is 2. The van der Waals surface area contributed by atoms with Gasteiger partial charge in [-0.05, 0) is 37.1 Å². The number of nitrogen functional groups attached to an aromatic ring is 1. The van der Waals surface area contributed by atoms with Gasteiger partial charge in [-0.2, -0.15) is 4.98 Å². The minimum absolute atomic E-state index is 0.159. The van der Waals surface area contributed by atoms with Crippen LogP contribution in [0.5, 0.6) is 0 Å². The van der Waals surface area contributed by atoms with Crippen molar-refractivity contribution in [2.45, 2.75) is 25.2 Å². The minimum Gasteiger partial charge on any atom is -0.398 e. The molecule has 0 amide bonds. The van der Waals surface area contributed by atoms with Crippen molar-refractivity contribution >= 4 is 15.7 Å². The van der Waals surface area contributed by atoms with Crippen LogP contribution in [0.2, 0.25) is 0 Å². The molecule has 0 aliphatic carbocycles. The average molecular weight is 296 g/mol. The zero-order valence-corrected chi connectivity index (χ0v) is 12.1. The standard InChI is InChI=1S/C12H16N4O3S/c1-8-5-10(6-11(13)9(8)2)20(17,18)15-4-3-12-14-7-19-16-12/h5-7,15H,3-4,13H2,1-2H3. The monoisotopic (exact) mass is 296 g/mol. The van der Waals surface area contributed by atoms with Gasteiger partial charge in [0.15, 0.2) is 5.82 Å². The molecule has 0 bridgehead atoms. The highest BCUT2D eigenvalue weighted by Crippen LogP contribution is 2.21. The first-order valence-corrected chi connectivity index (χ1v) is 7.50. The Labute approximate surface area is 117 Å². The SMILES string of the molecule is Cc1cc(S(=O)(=O)NCCc2ncon2)cc(N)c1C. The van der Waals surface area contributed by atoms with Gasteiger partial charge in [-0.15, -0.1) is 0 Å². The number of sulfonamides is 1. The summed E-state index contributed by atoms with van der Waals surface area (Å²) < 4.78 is 31.3. The Bertz CT molecular complexity index is 672. The van der Waals surface area contributed by atoms with Crippen molar-refractivity contribution in [3.8, 4) is 0 Å². The van der Waals surface area contributed by atoms with Gasteiger partial charge in [-0.25, -0.2) is 13.1 Å². The second-order valence-corrected chi connectivity index (χ2v) is 6.22. The van der Waals surface area contributed by atoms with Gasteiger partial charge in [-0.3, -0.25) is 0 Å². The second kappa shape index (κ2) is 5.59. The number of hydrogen-bond acceptors (Lipinski definition) is 6. The topological polar surface area (TPSA) is 111 Å². The summed E-state index contributed by atoms with van der Waals surface area (Å²) in [7, 11) is -3.59. The Morgan fingerprint density at radius 2 is 2.10 bits per heavy atom. The Hall–Kier alpha value is -1.93. The number of nitrogens with two attached hydrogens (primary N) is 1. The average Bonchev–Trinajstić information content (AvgIpc) is 2.88. The highest BCUT2D eigenvalue weighted by Gasteiger charge is 2.16. The molecule has 0 aliphatic heterocycles. The molecule has 0 spiro atoms. The van der Waals surface area contributed by atoms with Crippen LogP contribution >= 0.6 is 0 Å². The van der Waals surface area contributed by atoms with Gasteiger partial charge in [0.25, 0.3) is 0 Å². The lowest BCUT2D eigenvalue weighted by molar-refractivity contribution is 0.410. The van der Waals surface area contributed by atoms with Crippen molar-refractivity contribution < 1.29 is 12.9 Å². The van der Waals surface area contributed by atoms with Crippen LogP contribution in [-0.2, 0) is 16.4 Å². The second-order valence-electron chi connectivity index (χ2n) is 4.45. The molecule has 7 nitrogen and oxygen atoms in total. The number of benzene rings is 1. The summed E-state index contributed by atoms with van der Waals surface area (Å²) in [5, 5.41) is 3.61. The number of anilines is 1. The quantitative estimate of drug-likeness (QED) is 0.789. The molecule has 0 aliphatic rings. The van der Waals surface area contributed by atoms with Crippen LogP contribution in [0.4, 0.5) is 5.69 Å². The highest BCUT2D eigenvalue weighted by atomic mass is 32.2. The number of aryl methyl sites for hydroxylation is 1. The van der Waals surface area contributed by atoms with Crippen LogP contribution in [0.1, 0.15) is 17.0 Å². The van der Waals surface area contributed by atoms with E-state index in [1.165, 1.54) is 12.5 Å². The Morgan fingerprint density at radius 1 is 1.35 bits per heavy atom. The fourth-order valence-corrected chi connectivity index (χ4v) is 2.84. The van der Waals surface area contributed by atoms with Crippen LogP contribution in [0, 0.1) is 13.8 Å². The molecular weight excluding hydrogens is 280 g/mol. The molecule has 0 saturated carbocycles. The molecular formula is C12H16N4O3S. The van der Waals surface area contributed by atoms with E-state index in [2.05, 4.69) is 19.4 Å². The van der Waals surface area contributed by atoms with Crippen LogP contribution in [0.25, 0.3) is 0 Å². The third kappa shape index (κ3) is 3.14. The lowest BCUT2D eigenvalue weighted by Crippen LogP contribution is -2.26. The highest BCUT2D eigenvalue weighted by molar-refractivity contribution is 7.89. The van der Waals surface area contributed by atoms with Crippen molar-refractivity contribution in [3.05, 3.63) is 35.5 Å².